The van der Waals surface area contributed by atoms with Crippen molar-refractivity contribution in [3.8, 4) is 11.5 Å². The first kappa shape index (κ1) is 16.1. The number of halogens is 1. The van der Waals surface area contributed by atoms with E-state index in [1.165, 1.54) is 30.3 Å². The van der Waals surface area contributed by atoms with Gasteiger partial charge in [-0.05, 0) is 59.7 Å². The van der Waals surface area contributed by atoms with Gasteiger partial charge in [0.2, 0.25) is 5.89 Å². The number of carbonyl (C=O) groups is 1. The summed E-state index contributed by atoms with van der Waals surface area (Å²) >= 11 is 1.54. The van der Waals surface area contributed by atoms with E-state index in [1.807, 2.05) is 16.8 Å². The minimum atomic E-state index is -0.689. The molecule has 0 aliphatic rings. The minimum absolute atomic E-state index is 0.173. The van der Waals surface area contributed by atoms with Crippen molar-refractivity contribution in [2.75, 3.05) is 0 Å². The molecule has 0 amide bonds. The molecular weight excluding hydrogens is 331 g/mol. The number of thiophene rings is 1. The molecule has 0 saturated carbocycles. The van der Waals surface area contributed by atoms with Gasteiger partial charge in [0.25, 0.3) is 5.89 Å². The van der Waals surface area contributed by atoms with Crippen LogP contribution in [0.25, 0.3) is 17.5 Å². The van der Waals surface area contributed by atoms with Crippen molar-refractivity contribution in [3.63, 3.8) is 0 Å². The van der Waals surface area contributed by atoms with E-state index in [4.69, 9.17) is 9.15 Å². The highest BCUT2D eigenvalue weighted by atomic mass is 32.1. The maximum atomic E-state index is 12.9. The quantitative estimate of drug-likeness (QED) is 0.511. The lowest BCUT2D eigenvalue weighted by molar-refractivity contribution is -0.143. The maximum Gasteiger partial charge on any atom is 0.331 e. The average Bonchev–Trinajstić information content (AvgIpc) is 3.25. The number of esters is 1. The van der Waals surface area contributed by atoms with Crippen LogP contribution in [0.15, 0.2) is 51.6 Å². The number of benzene rings is 1. The molecule has 0 unspecified atom stereocenters. The predicted octanol–water partition coefficient (Wildman–Crippen LogP) is 4.25. The summed E-state index contributed by atoms with van der Waals surface area (Å²) in [5, 5.41) is 11.6. The number of hydrogen-bond acceptors (Lipinski definition) is 6. The Bertz CT molecular complexity index is 841. The smallest absolute Gasteiger partial charge is 0.331 e. The largest absolute Gasteiger partial charge is 0.449 e. The van der Waals surface area contributed by atoms with E-state index in [1.54, 1.807) is 24.3 Å². The van der Waals surface area contributed by atoms with Crippen LogP contribution in [0, 0.1) is 5.82 Å². The van der Waals surface area contributed by atoms with Crippen molar-refractivity contribution >= 4 is 23.4 Å². The zero-order valence-electron chi connectivity index (χ0n) is 12.7. The molecule has 0 fully saturated rings. The topological polar surface area (TPSA) is 65.2 Å². The highest BCUT2D eigenvalue weighted by Gasteiger charge is 2.18. The molecule has 0 saturated heterocycles. The van der Waals surface area contributed by atoms with Crippen LogP contribution in [0.2, 0.25) is 0 Å². The van der Waals surface area contributed by atoms with Gasteiger partial charge in [0.15, 0.2) is 6.10 Å². The third-order valence-corrected chi connectivity index (χ3v) is 3.83. The van der Waals surface area contributed by atoms with Crippen molar-refractivity contribution in [1.29, 1.82) is 0 Å². The van der Waals surface area contributed by atoms with Crippen molar-refractivity contribution < 1.29 is 18.3 Å². The monoisotopic (exact) mass is 344 g/mol. The van der Waals surface area contributed by atoms with Crippen LogP contribution in [0.1, 0.15) is 24.5 Å². The molecule has 3 rings (SSSR count). The van der Waals surface area contributed by atoms with E-state index in [0.29, 0.717) is 5.56 Å². The van der Waals surface area contributed by atoms with Crippen molar-refractivity contribution in [1.82, 2.24) is 10.2 Å². The van der Waals surface area contributed by atoms with Gasteiger partial charge in [0, 0.05) is 11.6 Å². The highest BCUT2D eigenvalue weighted by molar-refractivity contribution is 7.08. The predicted molar refractivity (Wildman–Crippen MR) is 87.6 cm³/mol. The van der Waals surface area contributed by atoms with Crippen LogP contribution < -0.4 is 0 Å². The molecule has 1 aromatic carbocycles. The van der Waals surface area contributed by atoms with Gasteiger partial charge in [0.1, 0.15) is 5.82 Å². The summed E-state index contributed by atoms with van der Waals surface area (Å²) in [6.45, 7) is 1.64. The van der Waals surface area contributed by atoms with E-state index in [0.717, 1.165) is 5.56 Å². The van der Waals surface area contributed by atoms with Gasteiger partial charge in [-0.25, -0.2) is 9.18 Å². The average molecular weight is 344 g/mol. The van der Waals surface area contributed by atoms with Crippen LogP contribution in [-0.2, 0) is 9.53 Å². The number of nitrogens with zero attached hydrogens (tertiary/aromatic N) is 2. The number of hydrogen-bond donors (Lipinski definition) is 0. The third-order valence-electron chi connectivity index (χ3n) is 3.13. The molecule has 5 nitrogen and oxygen atoms in total. The SMILES string of the molecule is C[C@H](OC(=O)/C=C/c1ccsc1)c1nnc(-c2ccc(F)cc2)o1. The Balaban J connectivity index is 1.64. The maximum absolute atomic E-state index is 12.9. The highest BCUT2D eigenvalue weighted by Crippen LogP contribution is 2.22. The van der Waals surface area contributed by atoms with Crippen LogP contribution >= 0.6 is 11.3 Å². The summed E-state index contributed by atoms with van der Waals surface area (Å²) < 4.78 is 23.6. The Kier molecular flexibility index (Phi) is 4.81. The number of ether oxygens (including phenoxy) is 1. The summed E-state index contributed by atoms with van der Waals surface area (Å²) in [6.07, 6.45) is 2.32. The summed E-state index contributed by atoms with van der Waals surface area (Å²) in [5.74, 6) is -0.443. The Morgan fingerprint density at radius 2 is 2.08 bits per heavy atom. The summed E-state index contributed by atoms with van der Waals surface area (Å²) in [5.41, 5.74) is 1.52. The van der Waals surface area contributed by atoms with Crippen LogP contribution in [-0.4, -0.2) is 16.2 Å². The summed E-state index contributed by atoms with van der Waals surface area (Å²) in [6, 6.07) is 7.57. The molecule has 122 valence electrons. The Morgan fingerprint density at radius 1 is 1.29 bits per heavy atom. The minimum Gasteiger partial charge on any atom is -0.449 e. The van der Waals surface area contributed by atoms with E-state index in [9.17, 15) is 9.18 Å². The Hall–Kier alpha value is -2.80. The van der Waals surface area contributed by atoms with Gasteiger partial charge in [-0.2, -0.15) is 11.3 Å². The van der Waals surface area contributed by atoms with Gasteiger partial charge in [-0.3, -0.25) is 0 Å². The number of carbonyl (C=O) groups excluding carboxylic acids is 1. The molecule has 3 aromatic rings. The summed E-state index contributed by atoms with van der Waals surface area (Å²) in [7, 11) is 0. The third kappa shape index (κ3) is 3.94. The Morgan fingerprint density at radius 3 is 2.79 bits per heavy atom. The van der Waals surface area contributed by atoms with Crippen molar-refractivity contribution in [2.45, 2.75) is 13.0 Å². The normalized spacial score (nSPS) is 12.4. The molecule has 0 aliphatic carbocycles. The van der Waals surface area contributed by atoms with E-state index in [2.05, 4.69) is 10.2 Å². The standard InChI is InChI=1S/C17H13FN2O3S/c1-11(22-15(21)7-2-12-8-9-24-10-12)16-19-20-17(23-16)13-3-5-14(18)6-4-13/h2-11H,1H3/b7-2+/t11-/m0/s1. The van der Waals surface area contributed by atoms with Gasteiger partial charge in [0.05, 0.1) is 0 Å². The molecular formula is C17H13FN2O3S. The fourth-order valence-corrected chi connectivity index (χ4v) is 2.53. The lowest BCUT2D eigenvalue weighted by Crippen LogP contribution is -2.06. The molecule has 1 atom stereocenters. The van der Waals surface area contributed by atoms with Crippen LogP contribution in [0.4, 0.5) is 4.39 Å². The fraction of sp³-hybridized carbons (Fsp3) is 0.118. The van der Waals surface area contributed by atoms with Crippen molar-refractivity contribution in [3.05, 3.63) is 64.4 Å². The molecule has 0 N–H and O–H groups in total. The zero-order chi connectivity index (χ0) is 16.9. The van der Waals surface area contributed by atoms with Crippen molar-refractivity contribution in [2.24, 2.45) is 0 Å². The zero-order valence-corrected chi connectivity index (χ0v) is 13.5. The fourth-order valence-electron chi connectivity index (χ4n) is 1.91. The molecule has 24 heavy (non-hydrogen) atoms. The second-order valence-electron chi connectivity index (χ2n) is 4.92. The van der Waals surface area contributed by atoms with Crippen LogP contribution in [0.3, 0.4) is 0 Å². The molecule has 0 radical (unpaired) electrons. The first-order valence-electron chi connectivity index (χ1n) is 7.12. The molecule has 0 bridgehead atoms. The first-order valence-corrected chi connectivity index (χ1v) is 8.06. The first-order chi connectivity index (χ1) is 11.6. The van der Waals surface area contributed by atoms with Gasteiger partial charge in [-0.1, -0.05) is 0 Å². The number of rotatable bonds is 5. The molecule has 2 heterocycles. The lowest BCUT2D eigenvalue weighted by atomic mass is 10.2. The second kappa shape index (κ2) is 7.18. The lowest BCUT2D eigenvalue weighted by Gasteiger charge is -2.06. The Labute approximate surface area is 141 Å². The second-order valence-corrected chi connectivity index (χ2v) is 5.70. The number of aromatic nitrogens is 2. The molecule has 2 aromatic heterocycles. The van der Waals surface area contributed by atoms with Gasteiger partial charge < -0.3 is 9.15 Å². The molecule has 0 aliphatic heterocycles. The van der Waals surface area contributed by atoms with E-state index in [-0.39, 0.29) is 17.6 Å². The van der Waals surface area contributed by atoms with Gasteiger partial charge in [-0.15, -0.1) is 10.2 Å². The molecule has 0 spiro atoms. The molecule has 7 heteroatoms. The van der Waals surface area contributed by atoms with E-state index < -0.39 is 12.1 Å². The van der Waals surface area contributed by atoms with Crippen LogP contribution in [0.5, 0.6) is 0 Å². The van der Waals surface area contributed by atoms with Gasteiger partial charge >= 0.3 is 5.97 Å². The summed E-state index contributed by atoms with van der Waals surface area (Å²) in [4.78, 5) is 11.8. The van der Waals surface area contributed by atoms with E-state index >= 15 is 0 Å².